The number of hydrogen-bond acceptors (Lipinski definition) is 3. The maximum absolute atomic E-state index is 5.11. The SMILES string of the molecule is CC(C)NCC1CCCc2sc(C3CCCCC3)nc21. The fourth-order valence-corrected chi connectivity index (χ4v) is 4.99. The summed E-state index contributed by atoms with van der Waals surface area (Å²) in [6.07, 6.45) is 11.0. The van der Waals surface area contributed by atoms with E-state index in [0.29, 0.717) is 12.0 Å². The summed E-state index contributed by atoms with van der Waals surface area (Å²) in [5.74, 6) is 1.44. The van der Waals surface area contributed by atoms with E-state index in [1.807, 2.05) is 11.3 Å². The number of aromatic nitrogens is 1. The van der Waals surface area contributed by atoms with Gasteiger partial charge in [0, 0.05) is 29.3 Å². The van der Waals surface area contributed by atoms with Crippen LogP contribution in [0.15, 0.2) is 0 Å². The van der Waals surface area contributed by atoms with Gasteiger partial charge in [-0.2, -0.15) is 0 Å². The van der Waals surface area contributed by atoms with Crippen molar-refractivity contribution in [3.8, 4) is 0 Å². The monoisotopic (exact) mass is 292 g/mol. The van der Waals surface area contributed by atoms with Crippen LogP contribution >= 0.6 is 11.3 Å². The van der Waals surface area contributed by atoms with Crippen molar-refractivity contribution in [2.24, 2.45) is 0 Å². The van der Waals surface area contributed by atoms with Gasteiger partial charge in [0.05, 0.1) is 10.7 Å². The summed E-state index contributed by atoms with van der Waals surface area (Å²) in [6.45, 7) is 5.58. The third kappa shape index (κ3) is 3.25. The molecule has 0 radical (unpaired) electrons. The van der Waals surface area contributed by atoms with Gasteiger partial charge in [-0.05, 0) is 32.1 Å². The van der Waals surface area contributed by atoms with Crippen molar-refractivity contribution in [1.82, 2.24) is 10.3 Å². The summed E-state index contributed by atoms with van der Waals surface area (Å²) in [5.41, 5.74) is 1.45. The van der Waals surface area contributed by atoms with Gasteiger partial charge >= 0.3 is 0 Å². The maximum atomic E-state index is 5.11. The smallest absolute Gasteiger partial charge is 0.0962 e. The zero-order chi connectivity index (χ0) is 13.9. The summed E-state index contributed by atoms with van der Waals surface area (Å²) in [7, 11) is 0. The van der Waals surface area contributed by atoms with Gasteiger partial charge in [0.15, 0.2) is 0 Å². The molecule has 1 N–H and O–H groups in total. The van der Waals surface area contributed by atoms with Gasteiger partial charge in [0.2, 0.25) is 0 Å². The highest BCUT2D eigenvalue weighted by atomic mass is 32.1. The van der Waals surface area contributed by atoms with Crippen LogP contribution < -0.4 is 5.32 Å². The zero-order valence-electron chi connectivity index (χ0n) is 13.0. The quantitative estimate of drug-likeness (QED) is 0.876. The minimum Gasteiger partial charge on any atom is -0.314 e. The van der Waals surface area contributed by atoms with Crippen molar-refractivity contribution in [1.29, 1.82) is 0 Å². The highest BCUT2D eigenvalue weighted by molar-refractivity contribution is 7.11. The number of rotatable bonds is 4. The van der Waals surface area contributed by atoms with Gasteiger partial charge in [-0.25, -0.2) is 4.98 Å². The zero-order valence-corrected chi connectivity index (χ0v) is 13.8. The molecule has 112 valence electrons. The average Bonchev–Trinajstić information content (AvgIpc) is 2.90. The molecule has 20 heavy (non-hydrogen) atoms. The third-order valence-electron chi connectivity index (χ3n) is 4.81. The fraction of sp³-hybridized carbons (Fsp3) is 0.824. The minimum absolute atomic E-state index is 0.580. The molecule has 1 saturated carbocycles. The Hall–Kier alpha value is -0.410. The van der Waals surface area contributed by atoms with E-state index in [0.717, 1.165) is 12.5 Å². The lowest BCUT2D eigenvalue weighted by molar-refractivity contribution is 0.438. The van der Waals surface area contributed by atoms with Crippen LogP contribution in [-0.2, 0) is 6.42 Å². The highest BCUT2D eigenvalue weighted by Crippen LogP contribution is 2.40. The Morgan fingerprint density at radius 1 is 1.15 bits per heavy atom. The Labute approximate surface area is 127 Å². The van der Waals surface area contributed by atoms with E-state index >= 15 is 0 Å². The van der Waals surface area contributed by atoms with Crippen molar-refractivity contribution in [2.45, 2.75) is 83.1 Å². The average molecular weight is 292 g/mol. The molecule has 1 unspecified atom stereocenters. The number of aryl methyl sites for hydroxylation is 1. The standard InChI is InChI=1S/C17H28N2S/c1-12(2)18-11-14-9-6-10-15-16(14)19-17(20-15)13-7-4-3-5-8-13/h12-14,18H,3-11H2,1-2H3. The van der Waals surface area contributed by atoms with E-state index < -0.39 is 0 Å². The van der Waals surface area contributed by atoms with Gasteiger partial charge in [0.1, 0.15) is 0 Å². The minimum atomic E-state index is 0.580. The predicted octanol–water partition coefficient (Wildman–Crippen LogP) is 4.61. The van der Waals surface area contributed by atoms with E-state index in [1.165, 1.54) is 62.1 Å². The molecule has 2 nitrogen and oxygen atoms in total. The van der Waals surface area contributed by atoms with E-state index in [4.69, 9.17) is 4.98 Å². The van der Waals surface area contributed by atoms with Crippen molar-refractivity contribution in [2.75, 3.05) is 6.54 Å². The molecule has 0 amide bonds. The molecule has 1 atom stereocenters. The molecule has 1 heterocycles. The van der Waals surface area contributed by atoms with Crippen LogP contribution in [0.5, 0.6) is 0 Å². The van der Waals surface area contributed by atoms with Crippen LogP contribution in [0.3, 0.4) is 0 Å². The first kappa shape index (κ1) is 14.5. The van der Waals surface area contributed by atoms with Gasteiger partial charge in [-0.1, -0.05) is 33.1 Å². The molecule has 3 heteroatoms. The van der Waals surface area contributed by atoms with E-state index in [2.05, 4.69) is 19.2 Å². The molecule has 0 bridgehead atoms. The molecule has 1 fully saturated rings. The third-order valence-corrected chi connectivity index (χ3v) is 6.11. The molecule has 0 aromatic carbocycles. The van der Waals surface area contributed by atoms with Crippen molar-refractivity contribution < 1.29 is 0 Å². The Morgan fingerprint density at radius 3 is 2.70 bits per heavy atom. The van der Waals surface area contributed by atoms with Crippen molar-refractivity contribution in [3.63, 3.8) is 0 Å². The largest absolute Gasteiger partial charge is 0.314 e. The lowest BCUT2D eigenvalue weighted by atomic mass is 9.89. The maximum Gasteiger partial charge on any atom is 0.0962 e. The summed E-state index contributed by atoms with van der Waals surface area (Å²) in [6, 6.07) is 0.580. The molecule has 0 saturated heterocycles. The first-order valence-electron chi connectivity index (χ1n) is 8.47. The Morgan fingerprint density at radius 2 is 1.95 bits per heavy atom. The molecular formula is C17H28N2S. The van der Waals surface area contributed by atoms with Gasteiger partial charge in [0.25, 0.3) is 0 Å². The van der Waals surface area contributed by atoms with Crippen LogP contribution in [0, 0.1) is 0 Å². The summed E-state index contributed by atoms with van der Waals surface area (Å²) >= 11 is 2.04. The van der Waals surface area contributed by atoms with E-state index in [-0.39, 0.29) is 0 Å². The predicted molar refractivity (Wildman–Crippen MR) is 86.8 cm³/mol. The molecule has 1 aromatic rings. The van der Waals surface area contributed by atoms with E-state index in [1.54, 1.807) is 4.88 Å². The number of fused-ring (bicyclic) bond motifs is 1. The summed E-state index contributed by atoms with van der Waals surface area (Å²) in [4.78, 5) is 6.72. The van der Waals surface area contributed by atoms with Crippen LogP contribution in [0.4, 0.5) is 0 Å². The van der Waals surface area contributed by atoms with Crippen molar-refractivity contribution in [3.05, 3.63) is 15.6 Å². The van der Waals surface area contributed by atoms with Crippen LogP contribution in [-0.4, -0.2) is 17.6 Å². The van der Waals surface area contributed by atoms with E-state index in [9.17, 15) is 0 Å². The van der Waals surface area contributed by atoms with Crippen LogP contribution in [0.25, 0.3) is 0 Å². The second kappa shape index (κ2) is 6.57. The molecule has 3 rings (SSSR count). The second-order valence-corrected chi connectivity index (χ2v) is 7.96. The first-order valence-corrected chi connectivity index (χ1v) is 9.28. The normalized spacial score (nSPS) is 24.1. The van der Waals surface area contributed by atoms with Gasteiger partial charge in [-0.3, -0.25) is 0 Å². The molecule has 2 aliphatic carbocycles. The first-order chi connectivity index (χ1) is 9.74. The number of thiazole rings is 1. The fourth-order valence-electron chi connectivity index (χ4n) is 3.63. The lowest BCUT2D eigenvalue weighted by Crippen LogP contribution is -2.29. The Balaban J connectivity index is 1.73. The lowest BCUT2D eigenvalue weighted by Gasteiger charge is -2.22. The number of hydrogen-bond donors (Lipinski definition) is 1. The molecule has 1 aromatic heterocycles. The highest BCUT2D eigenvalue weighted by Gasteiger charge is 2.27. The number of nitrogens with one attached hydrogen (secondary N) is 1. The van der Waals surface area contributed by atoms with Crippen LogP contribution in [0.2, 0.25) is 0 Å². The number of nitrogens with zero attached hydrogens (tertiary/aromatic N) is 1. The second-order valence-electron chi connectivity index (χ2n) is 6.85. The molecule has 0 aliphatic heterocycles. The molecule has 2 aliphatic rings. The molecule has 0 spiro atoms. The van der Waals surface area contributed by atoms with Crippen molar-refractivity contribution >= 4 is 11.3 Å². The topological polar surface area (TPSA) is 24.9 Å². The van der Waals surface area contributed by atoms with Crippen LogP contribution in [0.1, 0.15) is 86.2 Å². The summed E-state index contributed by atoms with van der Waals surface area (Å²) < 4.78 is 0. The van der Waals surface area contributed by atoms with Gasteiger partial charge < -0.3 is 5.32 Å². The van der Waals surface area contributed by atoms with Gasteiger partial charge in [-0.15, -0.1) is 11.3 Å². The summed E-state index contributed by atoms with van der Waals surface area (Å²) in [5, 5.41) is 5.07. The molecular weight excluding hydrogens is 264 g/mol. The Kier molecular flexibility index (Phi) is 4.77. The Bertz CT molecular complexity index is 432.